The van der Waals surface area contributed by atoms with Crippen molar-refractivity contribution in [3.05, 3.63) is 41.5 Å². The number of hydrogen-bond donors (Lipinski definition) is 0. The number of nitrogens with zero attached hydrogens (tertiary/aromatic N) is 1. The van der Waals surface area contributed by atoms with Crippen LogP contribution < -0.4 is 4.74 Å². The second kappa shape index (κ2) is 5.91. The fraction of sp³-hybridized carbons (Fsp3) is 0.308. The molecule has 0 spiro atoms. The van der Waals surface area contributed by atoms with Crippen LogP contribution in [0.3, 0.4) is 0 Å². The molecule has 5 heteroatoms. The minimum Gasteiger partial charge on any atom is -0.493 e. The first-order valence-electron chi connectivity index (χ1n) is 5.60. The average molecular weight is 267 g/mol. The van der Waals surface area contributed by atoms with Crippen molar-refractivity contribution in [2.75, 3.05) is 12.4 Å². The highest BCUT2D eigenvalue weighted by atomic mass is 32.2. The molecule has 0 atom stereocenters. The third-order valence-electron chi connectivity index (χ3n) is 2.40. The average Bonchev–Trinajstić information content (AvgIpc) is 2.67. The minimum absolute atomic E-state index is 0.262. The molecular formula is C13H14FNO2S. The molecule has 0 N–H and O–H groups in total. The van der Waals surface area contributed by atoms with Crippen LogP contribution in [-0.4, -0.2) is 17.3 Å². The third-order valence-corrected chi connectivity index (χ3v) is 3.19. The molecule has 3 nitrogen and oxygen atoms in total. The van der Waals surface area contributed by atoms with Gasteiger partial charge in [-0.15, -0.1) is 0 Å². The second-order valence-electron chi connectivity index (χ2n) is 3.77. The Kier molecular flexibility index (Phi) is 4.25. The Morgan fingerprint density at radius 2 is 2.00 bits per heavy atom. The Morgan fingerprint density at radius 1 is 1.28 bits per heavy atom. The molecule has 96 valence electrons. The van der Waals surface area contributed by atoms with Crippen molar-refractivity contribution in [2.45, 2.75) is 19.1 Å². The number of hydrogen-bond acceptors (Lipinski definition) is 4. The zero-order valence-electron chi connectivity index (χ0n) is 10.3. The summed E-state index contributed by atoms with van der Waals surface area (Å²) in [6.07, 6.45) is 0. The van der Waals surface area contributed by atoms with Gasteiger partial charge in [-0.2, -0.15) is 0 Å². The van der Waals surface area contributed by atoms with Crippen LogP contribution in [-0.2, 0) is 0 Å². The molecule has 0 amide bonds. The third kappa shape index (κ3) is 3.50. The molecule has 1 aromatic heterocycles. The summed E-state index contributed by atoms with van der Waals surface area (Å²) in [4.78, 5) is 4.26. The smallest absolute Gasteiger partial charge is 0.256 e. The lowest BCUT2D eigenvalue weighted by atomic mass is 10.3. The maximum absolute atomic E-state index is 12.7. The van der Waals surface area contributed by atoms with Gasteiger partial charge in [0.15, 0.2) is 0 Å². The van der Waals surface area contributed by atoms with Crippen molar-refractivity contribution in [2.24, 2.45) is 0 Å². The van der Waals surface area contributed by atoms with E-state index in [9.17, 15) is 4.39 Å². The zero-order valence-corrected chi connectivity index (χ0v) is 11.1. The number of aryl methyl sites for hydroxylation is 2. The highest BCUT2D eigenvalue weighted by molar-refractivity contribution is 7.99. The first kappa shape index (κ1) is 13.0. The van der Waals surface area contributed by atoms with Gasteiger partial charge in [-0.3, -0.25) is 0 Å². The molecule has 0 fully saturated rings. The van der Waals surface area contributed by atoms with Gasteiger partial charge < -0.3 is 9.15 Å². The summed E-state index contributed by atoms with van der Waals surface area (Å²) in [6.45, 7) is 4.33. The predicted octanol–water partition coefficient (Wildman–Crippen LogP) is 3.60. The largest absolute Gasteiger partial charge is 0.493 e. The summed E-state index contributed by atoms with van der Waals surface area (Å²) in [5.74, 6) is 1.98. The highest BCUT2D eigenvalue weighted by Gasteiger charge is 2.05. The van der Waals surface area contributed by atoms with Gasteiger partial charge in [-0.05, 0) is 38.1 Å². The molecule has 0 unspecified atom stereocenters. The molecule has 0 radical (unpaired) electrons. The van der Waals surface area contributed by atoms with Crippen molar-refractivity contribution < 1.29 is 13.5 Å². The van der Waals surface area contributed by atoms with Crippen molar-refractivity contribution in [1.82, 2.24) is 4.98 Å². The quantitative estimate of drug-likeness (QED) is 0.612. The van der Waals surface area contributed by atoms with Gasteiger partial charge in [-0.1, -0.05) is 11.8 Å². The minimum atomic E-state index is -0.262. The maximum Gasteiger partial charge on any atom is 0.256 e. The summed E-state index contributed by atoms with van der Waals surface area (Å²) in [5, 5.41) is 0.660. The summed E-state index contributed by atoms with van der Waals surface area (Å²) >= 11 is 1.50. The summed E-state index contributed by atoms with van der Waals surface area (Å²) < 4.78 is 23.5. The van der Waals surface area contributed by atoms with E-state index in [0.717, 1.165) is 17.2 Å². The normalized spacial score (nSPS) is 10.6. The van der Waals surface area contributed by atoms with E-state index in [1.807, 2.05) is 13.8 Å². The van der Waals surface area contributed by atoms with Crippen LogP contribution in [0.25, 0.3) is 0 Å². The number of aromatic nitrogens is 1. The number of ether oxygens (including phenoxy) is 1. The van der Waals surface area contributed by atoms with E-state index in [4.69, 9.17) is 9.15 Å². The predicted molar refractivity (Wildman–Crippen MR) is 68.6 cm³/mol. The molecule has 1 aromatic carbocycles. The molecule has 0 saturated heterocycles. The summed E-state index contributed by atoms with van der Waals surface area (Å²) in [7, 11) is 0. The molecule has 0 aliphatic carbocycles. The number of oxazole rings is 1. The fourth-order valence-corrected chi connectivity index (χ4v) is 2.05. The van der Waals surface area contributed by atoms with Gasteiger partial charge in [0.05, 0.1) is 12.3 Å². The number of rotatable bonds is 5. The van der Waals surface area contributed by atoms with Crippen LogP contribution in [0.15, 0.2) is 33.9 Å². The van der Waals surface area contributed by atoms with Crippen molar-refractivity contribution in [3.63, 3.8) is 0 Å². The van der Waals surface area contributed by atoms with Gasteiger partial charge in [0.25, 0.3) is 5.22 Å². The molecule has 0 saturated carbocycles. The van der Waals surface area contributed by atoms with Gasteiger partial charge in [0.2, 0.25) is 0 Å². The van der Waals surface area contributed by atoms with Gasteiger partial charge in [0, 0.05) is 5.75 Å². The highest BCUT2D eigenvalue weighted by Crippen LogP contribution is 2.20. The van der Waals surface area contributed by atoms with E-state index in [1.54, 1.807) is 12.1 Å². The maximum atomic E-state index is 12.7. The molecule has 18 heavy (non-hydrogen) atoms. The molecule has 0 aliphatic rings. The van der Waals surface area contributed by atoms with E-state index in [2.05, 4.69) is 4.98 Å². The Labute approximate surface area is 109 Å². The van der Waals surface area contributed by atoms with Crippen LogP contribution in [0.5, 0.6) is 5.75 Å². The molecule has 2 rings (SSSR count). The standard InChI is InChI=1S/C13H14FNO2S/c1-9-10(2)17-13(15-9)18-8-7-16-12-5-3-11(14)4-6-12/h3-6H,7-8H2,1-2H3. The van der Waals surface area contributed by atoms with Crippen LogP contribution in [0, 0.1) is 19.7 Å². The van der Waals surface area contributed by atoms with E-state index in [0.29, 0.717) is 17.6 Å². The SMILES string of the molecule is Cc1nc(SCCOc2ccc(F)cc2)oc1C. The van der Waals surface area contributed by atoms with Crippen molar-refractivity contribution in [1.29, 1.82) is 0 Å². The molecular weight excluding hydrogens is 253 g/mol. The lowest BCUT2D eigenvalue weighted by molar-refractivity contribution is 0.342. The van der Waals surface area contributed by atoms with Crippen molar-refractivity contribution in [3.8, 4) is 5.75 Å². The van der Waals surface area contributed by atoms with E-state index < -0.39 is 0 Å². The topological polar surface area (TPSA) is 35.3 Å². The monoisotopic (exact) mass is 267 g/mol. The first-order valence-corrected chi connectivity index (χ1v) is 6.59. The summed E-state index contributed by atoms with van der Waals surface area (Å²) in [5.41, 5.74) is 0.914. The van der Waals surface area contributed by atoms with Gasteiger partial charge in [-0.25, -0.2) is 9.37 Å². The van der Waals surface area contributed by atoms with Crippen LogP contribution in [0.1, 0.15) is 11.5 Å². The van der Waals surface area contributed by atoms with Crippen LogP contribution >= 0.6 is 11.8 Å². The van der Waals surface area contributed by atoms with E-state index >= 15 is 0 Å². The number of halogens is 1. The van der Waals surface area contributed by atoms with Gasteiger partial charge in [0.1, 0.15) is 17.3 Å². The van der Waals surface area contributed by atoms with E-state index in [1.165, 1.54) is 23.9 Å². The second-order valence-corrected chi connectivity index (χ2v) is 4.82. The molecule has 0 bridgehead atoms. The van der Waals surface area contributed by atoms with E-state index in [-0.39, 0.29) is 5.82 Å². The molecule has 2 aromatic rings. The van der Waals surface area contributed by atoms with Crippen molar-refractivity contribution >= 4 is 11.8 Å². The Morgan fingerprint density at radius 3 is 2.61 bits per heavy atom. The first-order chi connectivity index (χ1) is 8.65. The molecule has 1 heterocycles. The zero-order chi connectivity index (χ0) is 13.0. The Bertz CT molecular complexity index is 491. The fourth-order valence-electron chi connectivity index (χ4n) is 1.32. The Balaban J connectivity index is 1.74. The summed E-state index contributed by atoms with van der Waals surface area (Å²) in [6, 6.07) is 5.98. The number of thioether (sulfide) groups is 1. The number of benzene rings is 1. The van der Waals surface area contributed by atoms with Crippen LogP contribution in [0.4, 0.5) is 4.39 Å². The van der Waals surface area contributed by atoms with Gasteiger partial charge >= 0.3 is 0 Å². The van der Waals surface area contributed by atoms with Crippen LogP contribution in [0.2, 0.25) is 0 Å². The lowest BCUT2D eigenvalue weighted by Gasteiger charge is -2.04. The molecule has 0 aliphatic heterocycles. The lowest BCUT2D eigenvalue weighted by Crippen LogP contribution is -1.99. The Hall–Kier alpha value is -1.49.